The van der Waals surface area contributed by atoms with Crippen molar-refractivity contribution in [3.63, 3.8) is 0 Å². The van der Waals surface area contributed by atoms with Gasteiger partial charge in [0.2, 0.25) is 0 Å². The molecule has 27 heavy (non-hydrogen) atoms. The predicted octanol–water partition coefficient (Wildman–Crippen LogP) is 3.74. The highest BCUT2D eigenvalue weighted by atomic mass is 16.5. The van der Waals surface area contributed by atoms with Gasteiger partial charge in [-0.25, -0.2) is 0 Å². The number of nitrogens with one attached hydrogen (secondary N) is 1. The third-order valence-electron chi connectivity index (χ3n) is 4.05. The summed E-state index contributed by atoms with van der Waals surface area (Å²) in [6.07, 6.45) is 0. The van der Waals surface area contributed by atoms with Crippen LogP contribution in [0.5, 0.6) is 11.8 Å². The molecular weight excluding hydrogens is 338 g/mol. The smallest absolute Gasteiger partial charge is 0.345 e. The van der Waals surface area contributed by atoms with Gasteiger partial charge >= 0.3 is 6.01 Å². The average molecular weight is 357 g/mol. The lowest BCUT2D eigenvalue weighted by Gasteiger charge is -2.09. The van der Waals surface area contributed by atoms with Crippen molar-refractivity contribution in [1.82, 2.24) is 25.5 Å². The van der Waals surface area contributed by atoms with Gasteiger partial charge in [0.1, 0.15) is 5.75 Å². The Morgan fingerprint density at radius 3 is 2.30 bits per heavy atom. The number of hydrogen-bond acceptors (Lipinski definition) is 5. The van der Waals surface area contributed by atoms with Crippen molar-refractivity contribution in [2.75, 3.05) is 0 Å². The number of para-hydroxylation sites is 1. The topological polar surface area (TPSA) is 64.9 Å². The summed E-state index contributed by atoms with van der Waals surface area (Å²) in [5.41, 5.74) is 3.23. The van der Waals surface area contributed by atoms with Crippen LogP contribution < -0.4 is 10.1 Å². The van der Waals surface area contributed by atoms with Crippen molar-refractivity contribution in [2.24, 2.45) is 0 Å². The minimum absolute atomic E-state index is 0.329. The number of ether oxygens (including phenoxy) is 1. The second kappa shape index (κ2) is 8.25. The van der Waals surface area contributed by atoms with Gasteiger partial charge in [0, 0.05) is 13.1 Å². The zero-order valence-electron chi connectivity index (χ0n) is 14.7. The normalized spacial score (nSPS) is 10.7. The molecule has 0 bridgehead atoms. The van der Waals surface area contributed by atoms with Crippen LogP contribution in [0.25, 0.3) is 5.69 Å². The molecule has 0 aliphatic heterocycles. The Bertz CT molecular complexity index is 986. The molecule has 1 heterocycles. The molecule has 0 saturated heterocycles. The maximum absolute atomic E-state index is 5.91. The van der Waals surface area contributed by atoms with E-state index in [1.165, 1.54) is 5.56 Å². The Kier molecular flexibility index (Phi) is 5.17. The summed E-state index contributed by atoms with van der Waals surface area (Å²) in [6.45, 7) is 1.56. The number of nitrogens with zero attached hydrogens (tertiary/aromatic N) is 4. The van der Waals surface area contributed by atoms with Crippen LogP contribution in [0.4, 0.5) is 0 Å². The second-order valence-corrected chi connectivity index (χ2v) is 6.05. The molecule has 3 aromatic carbocycles. The van der Waals surface area contributed by atoms with E-state index in [1.54, 1.807) is 4.68 Å². The lowest BCUT2D eigenvalue weighted by molar-refractivity contribution is 0.426. The fraction of sp³-hybridized carbons (Fsp3) is 0.0952. The Labute approximate surface area is 157 Å². The molecule has 0 spiro atoms. The fourth-order valence-corrected chi connectivity index (χ4v) is 2.75. The van der Waals surface area contributed by atoms with E-state index in [4.69, 9.17) is 4.74 Å². The van der Waals surface area contributed by atoms with Crippen LogP contribution in [0.15, 0.2) is 84.9 Å². The summed E-state index contributed by atoms with van der Waals surface area (Å²) in [5, 5.41) is 15.2. The van der Waals surface area contributed by atoms with E-state index >= 15 is 0 Å². The number of rotatable bonds is 7. The van der Waals surface area contributed by atoms with Crippen LogP contribution in [-0.4, -0.2) is 20.2 Å². The molecular formula is C21H19N5O. The van der Waals surface area contributed by atoms with E-state index in [-0.39, 0.29) is 0 Å². The first-order chi connectivity index (χ1) is 13.4. The number of hydrogen-bond donors (Lipinski definition) is 1. The van der Waals surface area contributed by atoms with E-state index < -0.39 is 0 Å². The van der Waals surface area contributed by atoms with Gasteiger partial charge in [-0.05, 0) is 45.8 Å². The Balaban J connectivity index is 1.42. The molecule has 0 aliphatic carbocycles. The van der Waals surface area contributed by atoms with Crippen molar-refractivity contribution in [2.45, 2.75) is 13.1 Å². The summed E-state index contributed by atoms with van der Waals surface area (Å²) >= 11 is 0. The van der Waals surface area contributed by atoms with Crippen LogP contribution in [0.3, 0.4) is 0 Å². The highest BCUT2D eigenvalue weighted by Gasteiger charge is 2.10. The molecule has 0 saturated carbocycles. The lowest BCUT2D eigenvalue weighted by atomic mass is 10.2. The molecule has 134 valence electrons. The first-order valence-electron chi connectivity index (χ1n) is 8.74. The van der Waals surface area contributed by atoms with Crippen LogP contribution in [-0.2, 0) is 13.1 Å². The highest BCUT2D eigenvalue weighted by molar-refractivity contribution is 5.34. The van der Waals surface area contributed by atoms with Gasteiger partial charge < -0.3 is 10.1 Å². The van der Waals surface area contributed by atoms with E-state index in [0.717, 1.165) is 24.3 Å². The fourth-order valence-electron chi connectivity index (χ4n) is 2.75. The summed E-state index contributed by atoms with van der Waals surface area (Å²) in [5.74, 6) is 0.695. The Morgan fingerprint density at radius 2 is 1.48 bits per heavy atom. The van der Waals surface area contributed by atoms with Gasteiger partial charge in [0.05, 0.1) is 5.69 Å². The Hall–Kier alpha value is -3.51. The average Bonchev–Trinajstić information content (AvgIpc) is 3.18. The first kappa shape index (κ1) is 16.9. The largest absolute Gasteiger partial charge is 0.423 e. The SMILES string of the molecule is c1ccc(CNCc2cccc(Oc3nnnn3-c3ccccc3)c2)cc1. The molecule has 6 heteroatoms. The van der Waals surface area contributed by atoms with Crippen molar-refractivity contribution >= 4 is 0 Å². The second-order valence-electron chi connectivity index (χ2n) is 6.05. The number of benzene rings is 3. The molecule has 0 unspecified atom stereocenters. The summed E-state index contributed by atoms with van der Waals surface area (Å²) in [7, 11) is 0. The maximum atomic E-state index is 5.91. The monoisotopic (exact) mass is 357 g/mol. The van der Waals surface area contributed by atoms with Crippen LogP contribution in [0, 0.1) is 0 Å². The molecule has 0 radical (unpaired) electrons. The van der Waals surface area contributed by atoms with Crippen molar-refractivity contribution in [3.8, 4) is 17.4 Å². The van der Waals surface area contributed by atoms with Gasteiger partial charge in [0.15, 0.2) is 0 Å². The third-order valence-corrected chi connectivity index (χ3v) is 4.05. The van der Waals surface area contributed by atoms with Crippen LogP contribution in [0.1, 0.15) is 11.1 Å². The molecule has 1 aromatic heterocycles. The van der Waals surface area contributed by atoms with E-state index in [2.05, 4.69) is 39.0 Å². The number of aromatic nitrogens is 4. The van der Waals surface area contributed by atoms with Crippen LogP contribution in [0.2, 0.25) is 0 Å². The van der Waals surface area contributed by atoms with Crippen LogP contribution >= 0.6 is 0 Å². The zero-order chi connectivity index (χ0) is 18.3. The lowest BCUT2D eigenvalue weighted by Crippen LogP contribution is -2.12. The highest BCUT2D eigenvalue weighted by Crippen LogP contribution is 2.22. The molecule has 1 N–H and O–H groups in total. The zero-order valence-corrected chi connectivity index (χ0v) is 14.7. The standard InChI is InChI=1S/C21H19N5O/c1-3-8-17(9-4-1)15-22-16-18-10-7-13-20(14-18)27-21-23-24-25-26(21)19-11-5-2-6-12-19/h1-14,22H,15-16H2. The maximum Gasteiger partial charge on any atom is 0.345 e. The number of tetrazole rings is 1. The molecule has 0 fully saturated rings. The van der Waals surface area contributed by atoms with Crippen molar-refractivity contribution < 1.29 is 4.74 Å². The van der Waals surface area contributed by atoms with Crippen molar-refractivity contribution in [3.05, 3.63) is 96.1 Å². The van der Waals surface area contributed by atoms with Gasteiger partial charge in [-0.3, -0.25) is 0 Å². The van der Waals surface area contributed by atoms with E-state index in [0.29, 0.717) is 11.8 Å². The molecule has 4 rings (SSSR count). The molecule has 0 amide bonds. The first-order valence-corrected chi connectivity index (χ1v) is 8.74. The minimum atomic E-state index is 0.329. The molecule has 4 aromatic rings. The molecule has 6 nitrogen and oxygen atoms in total. The summed E-state index contributed by atoms with van der Waals surface area (Å²) in [4.78, 5) is 0. The summed E-state index contributed by atoms with van der Waals surface area (Å²) in [6, 6.07) is 28.2. The predicted molar refractivity (Wildman–Crippen MR) is 103 cm³/mol. The van der Waals surface area contributed by atoms with Gasteiger partial charge in [-0.1, -0.05) is 65.8 Å². The minimum Gasteiger partial charge on any atom is -0.423 e. The van der Waals surface area contributed by atoms with E-state index in [1.807, 2.05) is 66.7 Å². The van der Waals surface area contributed by atoms with Gasteiger partial charge in [-0.2, -0.15) is 4.68 Å². The van der Waals surface area contributed by atoms with Crippen molar-refractivity contribution in [1.29, 1.82) is 0 Å². The molecule has 0 aliphatic rings. The van der Waals surface area contributed by atoms with E-state index in [9.17, 15) is 0 Å². The quantitative estimate of drug-likeness (QED) is 0.546. The van der Waals surface area contributed by atoms with Gasteiger partial charge in [0.25, 0.3) is 0 Å². The molecule has 0 atom stereocenters. The summed E-state index contributed by atoms with van der Waals surface area (Å²) < 4.78 is 7.48. The Morgan fingerprint density at radius 1 is 0.778 bits per heavy atom. The van der Waals surface area contributed by atoms with Gasteiger partial charge in [-0.15, -0.1) is 0 Å². The third kappa shape index (κ3) is 4.37.